The van der Waals surface area contributed by atoms with Gasteiger partial charge in [0.1, 0.15) is 6.04 Å². The van der Waals surface area contributed by atoms with Crippen molar-refractivity contribution in [2.75, 3.05) is 13.7 Å². The van der Waals surface area contributed by atoms with Crippen molar-refractivity contribution < 1.29 is 9.63 Å². The summed E-state index contributed by atoms with van der Waals surface area (Å²) >= 11 is 0. The molecule has 0 aromatic heterocycles. The highest BCUT2D eigenvalue weighted by molar-refractivity contribution is 5.81. The zero-order valence-electron chi connectivity index (χ0n) is 8.02. The van der Waals surface area contributed by atoms with E-state index in [2.05, 4.69) is 22.6 Å². The largest absolute Gasteiger partial charge is 0.355 e. The molecule has 1 amide bonds. The highest BCUT2D eigenvalue weighted by atomic mass is 16.6. The van der Waals surface area contributed by atoms with Crippen LogP contribution in [-0.4, -0.2) is 25.6 Å². The van der Waals surface area contributed by atoms with Gasteiger partial charge in [-0.1, -0.05) is 13.3 Å². The normalized spacial score (nSPS) is 12.6. The maximum atomic E-state index is 11.2. The summed E-state index contributed by atoms with van der Waals surface area (Å²) in [5, 5.41) is 2.79. The first-order chi connectivity index (χ1) is 5.72. The summed E-state index contributed by atoms with van der Waals surface area (Å²) in [5.41, 5.74) is 2.56. The minimum absolute atomic E-state index is 0.0229. The lowest BCUT2D eigenvalue weighted by molar-refractivity contribution is -0.125. The molecule has 0 saturated heterocycles. The standard InChI is InChI=1S/C8H18N2O2/c1-4-5-6-9-8(11)7(2)10-12-3/h7,10H,4-6H2,1-3H3,(H,9,11). The molecule has 0 aliphatic rings. The topological polar surface area (TPSA) is 50.4 Å². The highest BCUT2D eigenvalue weighted by Gasteiger charge is 2.09. The van der Waals surface area contributed by atoms with Crippen molar-refractivity contribution in [2.24, 2.45) is 0 Å². The molecular weight excluding hydrogens is 156 g/mol. The van der Waals surface area contributed by atoms with Gasteiger partial charge in [0.15, 0.2) is 0 Å². The van der Waals surface area contributed by atoms with Gasteiger partial charge in [-0.15, -0.1) is 0 Å². The summed E-state index contributed by atoms with van der Waals surface area (Å²) in [6, 6.07) is -0.285. The number of amides is 1. The second kappa shape index (κ2) is 7.06. The Labute approximate surface area is 73.6 Å². The van der Waals surface area contributed by atoms with Crippen LogP contribution in [-0.2, 0) is 9.63 Å². The predicted octanol–water partition coefficient (Wildman–Crippen LogP) is 0.442. The Balaban J connectivity index is 3.43. The average Bonchev–Trinajstić information content (AvgIpc) is 2.05. The molecule has 1 atom stereocenters. The average molecular weight is 174 g/mol. The molecule has 0 radical (unpaired) electrons. The number of carbonyl (C=O) groups is 1. The van der Waals surface area contributed by atoms with Crippen molar-refractivity contribution in [1.82, 2.24) is 10.8 Å². The van der Waals surface area contributed by atoms with Crippen LogP contribution in [0.1, 0.15) is 26.7 Å². The van der Waals surface area contributed by atoms with Crippen molar-refractivity contribution >= 4 is 5.91 Å². The van der Waals surface area contributed by atoms with Crippen LogP contribution in [0.15, 0.2) is 0 Å². The molecular formula is C8H18N2O2. The number of unbranched alkanes of at least 4 members (excludes halogenated alkanes) is 1. The number of nitrogens with one attached hydrogen (secondary N) is 2. The zero-order valence-corrected chi connectivity index (χ0v) is 8.02. The molecule has 72 valence electrons. The van der Waals surface area contributed by atoms with Crippen molar-refractivity contribution in [2.45, 2.75) is 32.7 Å². The molecule has 0 aliphatic carbocycles. The van der Waals surface area contributed by atoms with Crippen molar-refractivity contribution in [3.05, 3.63) is 0 Å². The van der Waals surface area contributed by atoms with E-state index in [1.807, 2.05) is 0 Å². The second-order valence-electron chi connectivity index (χ2n) is 2.69. The minimum Gasteiger partial charge on any atom is -0.355 e. The fourth-order valence-electron chi connectivity index (χ4n) is 0.772. The van der Waals surface area contributed by atoms with Gasteiger partial charge >= 0.3 is 0 Å². The van der Waals surface area contributed by atoms with E-state index >= 15 is 0 Å². The molecule has 4 heteroatoms. The molecule has 0 fully saturated rings. The van der Waals surface area contributed by atoms with Gasteiger partial charge in [0.25, 0.3) is 0 Å². The number of hydroxylamine groups is 1. The first kappa shape index (κ1) is 11.4. The molecule has 0 aromatic rings. The minimum atomic E-state index is -0.285. The zero-order chi connectivity index (χ0) is 9.40. The number of carbonyl (C=O) groups excluding carboxylic acids is 1. The first-order valence-electron chi connectivity index (χ1n) is 4.28. The van der Waals surface area contributed by atoms with Gasteiger partial charge in [0.2, 0.25) is 5.91 Å². The van der Waals surface area contributed by atoms with Crippen LogP contribution in [0.2, 0.25) is 0 Å². The monoisotopic (exact) mass is 174 g/mol. The summed E-state index contributed by atoms with van der Waals surface area (Å²) in [6.45, 7) is 4.58. The molecule has 0 saturated carbocycles. The fraction of sp³-hybridized carbons (Fsp3) is 0.875. The molecule has 0 aliphatic heterocycles. The van der Waals surface area contributed by atoms with Crippen molar-refractivity contribution in [3.8, 4) is 0 Å². The third kappa shape index (κ3) is 5.09. The summed E-state index contributed by atoms with van der Waals surface area (Å²) in [6.07, 6.45) is 2.11. The number of hydrogen-bond acceptors (Lipinski definition) is 3. The van der Waals surface area contributed by atoms with Crippen LogP contribution in [0.3, 0.4) is 0 Å². The van der Waals surface area contributed by atoms with Crippen LogP contribution in [0.4, 0.5) is 0 Å². The SMILES string of the molecule is CCCCNC(=O)C(C)NOC. The van der Waals surface area contributed by atoms with Gasteiger partial charge in [0.05, 0.1) is 7.11 Å². The fourth-order valence-corrected chi connectivity index (χ4v) is 0.772. The van der Waals surface area contributed by atoms with Gasteiger partial charge in [-0.05, 0) is 13.3 Å². The Bertz CT molecular complexity index is 128. The van der Waals surface area contributed by atoms with E-state index in [0.29, 0.717) is 0 Å². The molecule has 0 bridgehead atoms. The number of rotatable bonds is 6. The Morgan fingerprint density at radius 3 is 2.75 bits per heavy atom. The van der Waals surface area contributed by atoms with E-state index in [1.54, 1.807) is 6.92 Å². The molecule has 0 heterocycles. The highest BCUT2D eigenvalue weighted by Crippen LogP contribution is 1.85. The van der Waals surface area contributed by atoms with Gasteiger partial charge < -0.3 is 10.2 Å². The molecule has 0 spiro atoms. The van der Waals surface area contributed by atoms with Gasteiger partial charge in [0, 0.05) is 6.54 Å². The maximum absolute atomic E-state index is 11.2. The van der Waals surface area contributed by atoms with Crippen LogP contribution >= 0.6 is 0 Å². The molecule has 2 N–H and O–H groups in total. The Morgan fingerprint density at radius 1 is 1.58 bits per heavy atom. The quantitative estimate of drug-likeness (QED) is 0.454. The summed E-state index contributed by atoms with van der Waals surface area (Å²) in [7, 11) is 1.50. The van der Waals surface area contributed by atoms with Crippen LogP contribution in [0, 0.1) is 0 Å². The van der Waals surface area contributed by atoms with Crippen molar-refractivity contribution in [3.63, 3.8) is 0 Å². The lowest BCUT2D eigenvalue weighted by Crippen LogP contribution is -2.41. The van der Waals surface area contributed by atoms with E-state index in [-0.39, 0.29) is 11.9 Å². The Hall–Kier alpha value is -0.610. The summed E-state index contributed by atoms with van der Waals surface area (Å²) in [5.74, 6) is -0.0229. The van der Waals surface area contributed by atoms with Crippen LogP contribution in [0.25, 0.3) is 0 Å². The molecule has 0 rings (SSSR count). The van der Waals surface area contributed by atoms with E-state index in [9.17, 15) is 4.79 Å². The van der Waals surface area contributed by atoms with Gasteiger partial charge in [-0.25, -0.2) is 0 Å². The third-order valence-electron chi connectivity index (χ3n) is 1.52. The smallest absolute Gasteiger partial charge is 0.239 e. The first-order valence-corrected chi connectivity index (χ1v) is 4.28. The van der Waals surface area contributed by atoms with E-state index < -0.39 is 0 Å². The van der Waals surface area contributed by atoms with Gasteiger partial charge in [-0.2, -0.15) is 5.48 Å². The molecule has 12 heavy (non-hydrogen) atoms. The van der Waals surface area contributed by atoms with Crippen LogP contribution in [0.5, 0.6) is 0 Å². The predicted molar refractivity (Wildman–Crippen MR) is 47.5 cm³/mol. The lowest BCUT2D eigenvalue weighted by Gasteiger charge is -2.11. The third-order valence-corrected chi connectivity index (χ3v) is 1.52. The molecule has 1 unspecified atom stereocenters. The van der Waals surface area contributed by atoms with Gasteiger partial charge in [-0.3, -0.25) is 4.79 Å². The van der Waals surface area contributed by atoms with Crippen LogP contribution < -0.4 is 10.8 Å². The molecule has 4 nitrogen and oxygen atoms in total. The second-order valence-corrected chi connectivity index (χ2v) is 2.69. The Kier molecular flexibility index (Phi) is 6.70. The lowest BCUT2D eigenvalue weighted by atomic mass is 10.3. The molecule has 0 aromatic carbocycles. The van der Waals surface area contributed by atoms with E-state index in [0.717, 1.165) is 19.4 Å². The summed E-state index contributed by atoms with van der Waals surface area (Å²) in [4.78, 5) is 15.8. The van der Waals surface area contributed by atoms with E-state index in [1.165, 1.54) is 7.11 Å². The van der Waals surface area contributed by atoms with Crippen molar-refractivity contribution in [1.29, 1.82) is 0 Å². The number of hydrogen-bond donors (Lipinski definition) is 2. The van der Waals surface area contributed by atoms with E-state index in [4.69, 9.17) is 0 Å². The maximum Gasteiger partial charge on any atom is 0.239 e. The summed E-state index contributed by atoms with van der Waals surface area (Å²) < 4.78 is 0. The Morgan fingerprint density at radius 2 is 2.25 bits per heavy atom.